The maximum atomic E-state index is 12.1. The van der Waals surface area contributed by atoms with E-state index in [1.807, 2.05) is 59.2 Å². The van der Waals surface area contributed by atoms with E-state index in [0.29, 0.717) is 28.8 Å². The van der Waals surface area contributed by atoms with Crippen molar-refractivity contribution in [3.8, 4) is 17.1 Å². The molecule has 1 aromatic heterocycles. The lowest BCUT2D eigenvalue weighted by molar-refractivity contribution is 0.137. The van der Waals surface area contributed by atoms with E-state index in [9.17, 15) is 8.42 Å². The molecule has 0 spiro atoms. The summed E-state index contributed by atoms with van der Waals surface area (Å²) in [6.45, 7) is 5.49. The Morgan fingerprint density at radius 1 is 1.16 bits per heavy atom. The van der Waals surface area contributed by atoms with Crippen LogP contribution in [0.3, 0.4) is 0 Å². The van der Waals surface area contributed by atoms with Gasteiger partial charge in [0.25, 0.3) is 0 Å². The fourth-order valence-corrected chi connectivity index (χ4v) is 6.30. The fraction of sp³-hybridized carbons (Fsp3) is 0.391. The van der Waals surface area contributed by atoms with Crippen LogP contribution in [0.15, 0.2) is 54.6 Å². The third-order valence-corrected chi connectivity index (χ3v) is 7.99. The van der Waals surface area contributed by atoms with Gasteiger partial charge in [-0.2, -0.15) is 0 Å². The molecular formula is C23H27ClN4O2S2. The Kier molecular flexibility index (Phi) is 6.86. The molecule has 0 bridgehead atoms. The zero-order valence-electron chi connectivity index (χ0n) is 18.2. The molecular weight excluding hydrogens is 464 g/mol. The quantitative estimate of drug-likeness (QED) is 0.444. The number of rotatable bonds is 7. The highest BCUT2D eigenvalue weighted by Crippen LogP contribution is 2.25. The second-order valence-corrected chi connectivity index (χ2v) is 11.7. The molecule has 0 amide bonds. The average molecular weight is 491 g/mol. The summed E-state index contributed by atoms with van der Waals surface area (Å²) in [5, 5.41) is 5.54. The first-order chi connectivity index (χ1) is 15.2. The number of hydrogen-bond acceptors (Lipinski definition) is 5. The van der Waals surface area contributed by atoms with Gasteiger partial charge in [-0.15, -0.1) is 5.10 Å². The summed E-state index contributed by atoms with van der Waals surface area (Å²) >= 11 is 12.0. The Bertz CT molecular complexity index is 1240. The number of aromatic nitrogens is 3. The third-order valence-electron chi connectivity index (χ3n) is 5.60. The molecule has 1 atom stereocenters. The summed E-state index contributed by atoms with van der Waals surface area (Å²) in [6, 6.07) is 17.4. The topological polar surface area (TPSA) is 60.1 Å². The summed E-state index contributed by atoms with van der Waals surface area (Å²) in [5.74, 6) is 1.55. The number of nitrogens with zero attached hydrogens (tertiary/aromatic N) is 4. The van der Waals surface area contributed by atoms with Gasteiger partial charge in [-0.05, 0) is 61.0 Å². The lowest BCUT2D eigenvalue weighted by Gasteiger charge is -2.29. The van der Waals surface area contributed by atoms with Crippen molar-refractivity contribution in [1.82, 2.24) is 19.2 Å². The zero-order valence-corrected chi connectivity index (χ0v) is 20.6. The van der Waals surface area contributed by atoms with Crippen molar-refractivity contribution in [1.29, 1.82) is 0 Å². The van der Waals surface area contributed by atoms with E-state index in [4.69, 9.17) is 28.9 Å². The Hall–Kier alpha value is -2.00. The first kappa shape index (κ1) is 23.2. The number of sulfone groups is 1. The predicted octanol–water partition coefficient (Wildman–Crippen LogP) is 4.83. The highest BCUT2D eigenvalue weighted by Gasteiger charge is 2.33. The van der Waals surface area contributed by atoms with Crippen LogP contribution in [-0.2, 0) is 16.5 Å². The standard InChI is InChI=1S/C23H27ClN4O2S2/c1-17(2)14-26(21-12-13-32(29,30)15-21)16-27-23(31)28(20-6-4-3-5-7-20)22(25-27)18-8-10-19(24)11-9-18/h3-11,17,21H,12-16H2,1-2H3/t21-/m0/s1. The Balaban J connectivity index is 1.76. The van der Waals surface area contributed by atoms with Crippen LogP contribution in [-0.4, -0.2) is 51.8 Å². The minimum absolute atomic E-state index is 0.0230. The van der Waals surface area contributed by atoms with Gasteiger partial charge in [0, 0.05) is 28.9 Å². The molecule has 6 nitrogen and oxygen atoms in total. The molecule has 1 aliphatic rings. The highest BCUT2D eigenvalue weighted by molar-refractivity contribution is 7.91. The molecule has 0 N–H and O–H groups in total. The van der Waals surface area contributed by atoms with Crippen LogP contribution < -0.4 is 0 Å². The number of halogens is 1. The molecule has 1 aliphatic heterocycles. The zero-order chi connectivity index (χ0) is 22.9. The maximum absolute atomic E-state index is 12.1. The molecule has 170 valence electrons. The monoisotopic (exact) mass is 490 g/mol. The second-order valence-electron chi connectivity index (χ2n) is 8.65. The fourth-order valence-electron chi connectivity index (χ4n) is 4.12. The molecule has 4 rings (SSSR count). The van der Waals surface area contributed by atoms with Crippen molar-refractivity contribution >= 4 is 33.7 Å². The molecule has 1 fully saturated rings. The van der Waals surface area contributed by atoms with Crippen LogP contribution in [0.2, 0.25) is 5.02 Å². The van der Waals surface area contributed by atoms with E-state index in [-0.39, 0.29) is 17.5 Å². The smallest absolute Gasteiger partial charge is 0.204 e. The molecule has 1 saturated heterocycles. The minimum atomic E-state index is -2.99. The lowest BCUT2D eigenvalue weighted by atomic mass is 10.1. The molecule has 0 saturated carbocycles. The molecule has 0 aliphatic carbocycles. The Morgan fingerprint density at radius 2 is 1.84 bits per heavy atom. The van der Waals surface area contributed by atoms with Gasteiger partial charge in [0.05, 0.1) is 18.2 Å². The van der Waals surface area contributed by atoms with E-state index in [1.54, 1.807) is 4.68 Å². The van der Waals surface area contributed by atoms with Crippen LogP contribution in [0.5, 0.6) is 0 Å². The van der Waals surface area contributed by atoms with Crippen LogP contribution >= 0.6 is 23.8 Å². The van der Waals surface area contributed by atoms with E-state index < -0.39 is 9.84 Å². The summed E-state index contributed by atoms with van der Waals surface area (Å²) in [6.07, 6.45) is 0.645. The average Bonchev–Trinajstić information content (AvgIpc) is 3.27. The van der Waals surface area contributed by atoms with E-state index >= 15 is 0 Å². The molecule has 0 unspecified atom stereocenters. The summed E-state index contributed by atoms with van der Waals surface area (Å²) < 4.78 is 28.6. The van der Waals surface area contributed by atoms with Crippen LogP contribution in [0, 0.1) is 10.7 Å². The van der Waals surface area contributed by atoms with Gasteiger partial charge in [-0.3, -0.25) is 9.47 Å². The predicted molar refractivity (Wildman–Crippen MR) is 131 cm³/mol. The lowest BCUT2D eigenvalue weighted by Crippen LogP contribution is -2.40. The van der Waals surface area contributed by atoms with Crippen molar-refractivity contribution in [2.75, 3.05) is 18.1 Å². The SMILES string of the molecule is CC(C)CN(Cn1nc(-c2ccc(Cl)cc2)n(-c2ccccc2)c1=S)[C@H]1CCS(=O)(=O)C1. The van der Waals surface area contributed by atoms with Crippen molar-refractivity contribution in [3.63, 3.8) is 0 Å². The number of hydrogen-bond donors (Lipinski definition) is 0. The minimum Gasteiger partial charge on any atom is -0.280 e. The summed E-state index contributed by atoms with van der Waals surface area (Å²) in [5.41, 5.74) is 1.83. The van der Waals surface area contributed by atoms with Crippen LogP contribution in [0.25, 0.3) is 17.1 Å². The number of benzene rings is 2. The molecule has 3 aromatic rings. The van der Waals surface area contributed by atoms with E-state index in [1.165, 1.54) is 0 Å². The first-order valence-corrected chi connectivity index (χ1v) is 13.3. The summed E-state index contributed by atoms with van der Waals surface area (Å²) in [4.78, 5) is 2.21. The molecule has 0 radical (unpaired) electrons. The normalized spacial score (nSPS) is 18.0. The van der Waals surface area contributed by atoms with Crippen molar-refractivity contribution in [3.05, 3.63) is 64.4 Å². The van der Waals surface area contributed by atoms with Gasteiger partial charge in [-0.1, -0.05) is 43.6 Å². The summed E-state index contributed by atoms with van der Waals surface area (Å²) in [7, 11) is -2.99. The van der Waals surface area contributed by atoms with Gasteiger partial charge in [0.15, 0.2) is 15.7 Å². The molecule has 9 heteroatoms. The first-order valence-electron chi connectivity index (χ1n) is 10.7. The highest BCUT2D eigenvalue weighted by atomic mass is 35.5. The van der Waals surface area contributed by atoms with Crippen LogP contribution in [0.1, 0.15) is 20.3 Å². The van der Waals surface area contributed by atoms with Gasteiger partial charge >= 0.3 is 0 Å². The van der Waals surface area contributed by atoms with Gasteiger partial charge in [0.2, 0.25) is 4.77 Å². The largest absolute Gasteiger partial charge is 0.280 e. The van der Waals surface area contributed by atoms with Gasteiger partial charge in [-0.25, -0.2) is 13.1 Å². The van der Waals surface area contributed by atoms with Crippen LogP contribution in [0.4, 0.5) is 0 Å². The molecule has 2 heterocycles. The van der Waals surface area contributed by atoms with E-state index in [0.717, 1.165) is 23.6 Å². The second kappa shape index (κ2) is 9.47. The number of para-hydroxylation sites is 1. The van der Waals surface area contributed by atoms with Gasteiger partial charge < -0.3 is 0 Å². The Labute approximate surface area is 199 Å². The maximum Gasteiger partial charge on any atom is 0.204 e. The van der Waals surface area contributed by atoms with Crippen molar-refractivity contribution in [2.45, 2.75) is 33.0 Å². The van der Waals surface area contributed by atoms with E-state index in [2.05, 4.69) is 18.7 Å². The molecule has 2 aromatic carbocycles. The Morgan fingerprint density at radius 3 is 2.44 bits per heavy atom. The van der Waals surface area contributed by atoms with Crippen molar-refractivity contribution in [2.24, 2.45) is 5.92 Å². The third kappa shape index (κ3) is 5.14. The van der Waals surface area contributed by atoms with Gasteiger partial charge in [0.1, 0.15) is 0 Å². The van der Waals surface area contributed by atoms with Crippen molar-refractivity contribution < 1.29 is 8.42 Å². The molecule has 32 heavy (non-hydrogen) atoms.